The van der Waals surface area contributed by atoms with Crippen molar-refractivity contribution in [1.29, 1.82) is 0 Å². The molecule has 1 amide bonds. The monoisotopic (exact) mass is 273 g/mol. The van der Waals surface area contributed by atoms with Crippen molar-refractivity contribution in [3.63, 3.8) is 0 Å². The van der Waals surface area contributed by atoms with E-state index in [1.54, 1.807) is 0 Å². The van der Waals surface area contributed by atoms with Crippen LogP contribution in [0.3, 0.4) is 0 Å². The van der Waals surface area contributed by atoms with Crippen molar-refractivity contribution < 1.29 is 9.53 Å². The number of aryl methyl sites for hydroxylation is 1. The Bertz CT molecular complexity index is 494. The summed E-state index contributed by atoms with van der Waals surface area (Å²) < 4.78 is 5.37. The summed E-state index contributed by atoms with van der Waals surface area (Å²) in [5.41, 5.74) is 3.44. The number of amides is 1. The minimum absolute atomic E-state index is 0.0722. The zero-order valence-electron chi connectivity index (χ0n) is 13.0. The summed E-state index contributed by atoms with van der Waals surface area (Å²) in [6.07, 6.45) is 4.08. The van der Waals surface area contributed by atoms with Gasteiger partial charge < -0.3 is 10.1 Å². The second kappa shape index (κ2) is 5.90. The second-order valence-electron chi connectivity index (χ2n) is 6.65. The van der Waals surface area contributed by atoms with E-state index in [1.807, 2.05) is 20.8 Å². The molecular weight excluding hydrogens is 249 g/mol. The van der Waals surface area contributed by atoms with Crippen LogP contribution in [-0.2, 0) is 11.2 Å². The zero-order valence-corrected chi connectivity index (χ0v) is 13.0. The quantitative estimate of drug-likeness (QED) is 0.629. The number of carbonyl (C=O) groups excluding carboxylic acids is 1. The van der Waals surface area contributed by atoms with Gasteiger partial charge in [-0.15, -0.1) is 0 Å². The predicted octanol–water partition coefficient (Wildman–Crippen LogP) is 2.24. The minimum Gasteiger partial charge on any atom is -0.444 e. The number of alkyl carbamates (subject to hydrolysis) is 1. The molecule has 0 aliphatic heterocycles. The number of nitrogens with one attached hydrogen (secondary N) is 1. The third-order valence-electron chi connectivity index (χ3n) is 3.55. The van der Waals surface area contributed by atoms with Crippen LogP contribution in [-0.4, -0.2) is 19.5 Å². The maximum Gasteiger partial charge on any atom is 0.408 e. The Morgan fingerprint density at radius 1 is 1.35 bits per heavy atom. The van der Waals surface area contributed by atoms with Crippen LogP contribution >= 0.6 is 0 Å². The maximum absolute atomic E-state index is 12.0. The Morgan fingerprint density at radius 3 is 2.80 bits per heavy atom. The van der Waals surface area contributed by atoms with E-state index in [9.17, 15) is 4.79 Å². The third kappa shape index (κ3) is 4.02. The van der Waals surface area contributed by atoms with Crippen LogP contribution in [0.25, 0.3) is 0 Å². The van der Waals surface area contributed by atoms with Gasteiger partial charge in [0.15, 0.2) is 0 Å². The average Bonchev–Trinajstić information content (AvgIpc) is 2.49. The smallest absolute Gasteiger partial charge is 0.408 e. The number of rotatable bonds is 1. The molecule has 1 atom stereocenters. The van der Waals surface area contributed by atoms with Gasteiger partial charge in [0.1, 0.15) is 13.4 Å². The molecule has 1 aliphatic rings. The zero-order chi connectivity index (χ0) is 14.8. The topological polar surface area (TPSA) is 38.3 Å². The molecule has 1 aliphatic carbocycles. The lowest BCUT2D eigenvalue weighted by Crippen LogP contribution is -2.35. The fraction of sp³-hybridized carbons (Fsp3) is 0.562. The Hall–Kier alpha value is -1.45. The van der Waals surface area contributed by atoms with E-state index in [2.05, 4.69) is 31.4 Å². The van der Waals surface area contributed by atoms with Crippen molar-refractivity contribution in [3.8, 4) is 0 Å². The third-order valence-corrected chi connectivity index (χ3v) is 3.55. The maximum atomic E-state index is 12.0. The predicted molar refractivity (Wildman–Crippen MR) is 84.3 cm³/mol. The molecule has 20 heavy (non-hydrogen) atoms. The van der Waals surface area contributed by atoms with E-state index in [-0.39, 0.29) is 12.1 Å². The highest BCUT2D eigenvalue weighted by molar-refractivity contribution is 6.32. The van der Waals surface area contributed by atoms with Crippen LogP contribution < -0.4 is 10.8 Å². The fourth-order valence-corrected chi connectivity index (χ4v) is 2.71. The van der Waals surface area contributed by atoms with Crippen molar-refractivity contribution in [1.82, 2.24) is 5.32 Å². The molecule has 0 bridgehead atoms. The number of carbonyl (C=O) groups is 1. The van der Waals surface area contributed by atoms with Crippen molar-refractivity contribution in [2.75, 3.05) is 0 Å². The van der Waals surface area contributed by atoms with E-state index in [0.29, 0.717) is 0 Å². The van der Waals surface area contributed by atoms with E-state index >= 15 is 0 Å². The highest BCUT2D eigenvalue weighted by Gasteiger charge is 2.23. The molecule has 0 fully saturated rings. The lowest BCUT2D eigenvalue weighted by Gasteiger charge is -2.24. The molecule has 0 heterocycles. The van der Waals surface area contributed by atoms with Gasteiger partial charge in [0, 0.05) is 0 Å². The van der Waals surface area contributed by atoms with Crippen LogP contribution in [0.5, 0.6) is 0 Å². The van der Waals surface area contributed by atoms with Gasteiger partial charge in [-0.3, -0.25) is 0 Å². The first-order valence-electron chi connectivity index (χ1n) is 7.44. The number of benzene rings is 1. The molecule has 108 valence electrons. The van der Waals surface area contributed by atoms with E-state index in [0.717, 1.165) is 19.3 Å². The summed E-state index contributed by atoms with van der Waals surface area (Å²) in [4.78, 5) is 12.0. The first-order chi connectivity index (χ1) is 9.35. The molecule has 3 nitrogen and oxygen atoms in total. The SMILES string of the molecule is Bc1ccc2c(c1)CCCCC2NC(=O)OC(C)(C)C. The van der Waals surface area contributed by atoms with Crippen molar-refractivity contribution in [2.24, 2.45) is 0 Å². The Labute approximate surface area is 122 Å². The van der Waals surface area contributed by atoms with Gasteiger partial charge in [-0.25, -0.2) is 4.79 Å². The Balaban J connectivity index is 2.14. The van der Waals surface area contributed by atoms with Gasteiger partial charge >= 0.3 is 6.09 Å². The molecule has 0 spiro atoms. The normalized spacial score (nSPS) is 18.9. The number of ether oxygens (including phenoxy) is 1. The van der Waals surface area contributed by atoms with Crippen LogP contribution in [0.4, 0.5) is 4.79 Å². The summed E-state index contributed by atoms with van der Waals surface area (Å²) >= 11 is 0. The molecule has 0 saturated heterocycles. The molecule has 2 rings (SSSR count). The summed E-state index contributed by atoms with van der Waals surface area (Å²) in [7, 11) is 2.11. The molecule has 1 aromatic rings. The first-order valence-corrected chi connectivity index (χ1v) is 7.44. The largest absolute Gasteiger partial charge is 0.444 e. The molecule has 1 unspecified atom stereocenters. The Morgan fingerprint density at radius 2 is 2.10 bits per heavy atom. The van der Waals surface area contributed by atoms with Crippen LogP contribution in [0, 0.1) is 0 Å². The first kappa shape index (κ1) is 15.0. The second-order valence-corrected chi connectivity index (χ2v) is 6.65. The van der Waals surface area contributed by atoms with Crippen LogP contribution in [0.2, 0.25) is 0 Å². The van der Waals surface area contributed by atoms with Crippen LogP contribution in [0.1, 0.15) is 57.2 Å². The summed E-state index contributed by atoms with van der Waals surface area (Å²) in [6, 6.07) is 6.58. The molecule has 1 aromatic carbocycles. The lowest BCUT2D eigenvalue weighted by atomic mass is 9.89. The number of fused-ring (bicyclic) bond motifs is 1. The van der Waals surface area contributed by atoms with E-state index in [4.69, 9.17) is 4.74 Å². The highest BCUT2D eigenvalue weighted by Crippen LogP contribution is 2.28. The molecular formula is C16H24BNO2. The van der Waals surface area contributed by atoms with Gasteiger partial charge in [-0.1, -0.05) is 30.1 Å². The number of hydrogen-bond donors (Lipinski definition) is 1. The minimum atomic E-state index is -0.453. The van der Waals surface area contributed by atoms with Crippen molar-refractivity contribution >= 4 is 19.4 Å². The average molecular weight is 273 g/mol. The van der Waals surface area contributed by atoms with Gasteiger partial charge in [0.05, 0.1) is 6.04 Å². The molecule has 0 saturated carbocycles. The molecule has 1 N–H and O–H groups in total. The van der Waals surface area contributed by atoms with Gasteiger partial charge in [-0.2, -0.15) is 0 Å². The van der Waals surface area contributed by atoms with Crippen molar-refractivity contribution in [3.05, 3.63) is 29.3 Å². The summed E-state index contributed by atoms with van der Waals surface area (Å²) in [5, 5.41) is 3.03. The molecule has 0 aromatic heterocycles. The van der Waals surface area contributed by atoms with E-state index < -0.39 is 5.60 Å². The standard InChI is InChI=1S/C16H24BNO2/c1-16(2,3)20-15(19)18-14-7-5-4-6-11-10-12(17)8-9-13(11)14/h8-10,14H,4-7,17H2,1-3H3,(H,18,19). The Kier molecular flexibility index (Phi) is 4.41. The summed E-state index contributed by atoms with van der Waals surface area (Å²) in [5.74, 6) is 0. The van der Waals surface area contributed by atoms with Crippen molar-refractivity contribution in [2.45, 2.75) is 58.1 Å². The lowest BCUT2D eigenvalue weighted by molar-refractivity contribution is 0.0501. The number of hydrogen-bond acceptors (Lipinski definition) is 2. The molecule has 4 heteroatoms. The van der Waals surface area contributed by atoms with Gasteiger partial charge in [0.25, 0.3) is 0 Å². The van der Waals surface area contributed by atoms with Gasteiger partial charge in [0.2, 0.25) is 0 Å². The highest BCUT2D eigenvalue weighted by atomic mass is 16.6. The molecule has 0 radical (unpaired) electrons. The summed E-state index contributed by atoms with van der Waals surface area (Å²) in [6.45, 7) is 5.66. The van der Waals surface area contributed by atoms with E-state index in [1.165, 1.54) is 23.0 Å². The van der Waals surface area contributed by atoms with Gasteiger partial charge in [-0.05, 0) is 51.2 Å². The van der Waals surface area contributed by atoms with Crippen LogP contribution in [0.15, 0.2) is 18.2 Å². The fourth-order valence-electron chi connectivity index (χ4n) is 2.71.